The summed E-state index contributed by atoms with van der Waals surface area (Å²) < 4.78 is 15.1. The molecule has 9 heteroatoms. The van der Waals surface area contributed by atoms with Crippen molar-refractivity contribution < 1.29 is 9.18 Å². The largest absolute Gasteiger partial charge is 0.334 e. The molecule has 0 atom stereocenters. The van der Waals surface area contributed by atoms with E-state index in [2.05, 4.69) is 20.3 Å². The summed E-state index contributed by atoms with van der Waals surface area (Å²) in [7, 11) is 5.48. The number of nitrogens with one attached hydrogen (secondary N) is 1. The number of aryl methyl sites for hydroxylation is 1. The van der Waals surface area contributed by atoms with Crippen molar-refractivity contribution in [1.29, 1.82) is 0 Å². The normalized spacial score (nSPS) is 11.5. The number of anilines is 1. The molecule has 1 amide bonds. The molecule has 0 saturated carbocycles. The van der Waals surface area contributed by atoms with Gasteiger partial charge in [-0.05, 0) is 23.8 Å². The highest BCUT2D eigenvalue weighted by Crippen LogP contribution is 2.24. The van der Waals surface area contributed by atoms with Crippen LogP contribution < -0.4 is 5.32 Å². The fourth-order valence-electron chi connectivity index (χ4n) is 3.13. The average Bonchev–Trinajstić information content (AvgIpc) is 3.13. The Hall–Kier alpha value is -3.48. The molecule has 0 bridgehead atoms. The molecular weight excluding hydrogens is 367 g/mol. The predicted molar refractivity (Wildman–Crippen MR) is 116 cm³/mol. The lowest BCUT2D eigenvalue weighted by molar-refractivity contribution is -0.117. The van der Waals surface area contributed by atoms with Crippen LogP contribution in [0.15, 0.2) is 61.2 Å². The first-order chi connectivity index (χ1) is 13.8. The number of benzene rings is 2. The molecule has 2 aromatic carbocycles. The van der Waals surface area contributed by atoms with Crippen LogP contribution in [-0.4, -0.2) is 41.1 Å². The Bertz CT molecular complexity index is 1210. The van der Waals surface area contributed by atoms with Gasteiger partial charge in [-0.25, -0.2) is 19.3 Å². The molecule has 0 fully saturated rings. The van der Waals surface area contributed by atoms with Gasteiger partial charge < -0.3 is 4.57 Å². The van der Waals surface area contributed by atoms with Gasteiger partial charge in [0.25, 0.3) is 0 Å². The zero-order valence-electron chi connectivity index (χ0n) is 16.3. The predicted octanol–water partition coefficient (Wildman–Crippen LogP) is 1.23. The van der Waals surface area contributed by atoms with Crippen molar-refractivity contribution >= 4 is 38.5 Å². The second kappa shape index (κ2) is 7.16. The van der Waals surface area contributed by atoms with E-state index in [0.29, 0.717) is 11.1 Å². The van der Waals surface area contributed by atoms with Gasteiger partial charge in [0.1, 0.15) is 21.5 Å². The number of aromatic nitrogens is 4. The molecule has 0 radical (unpaired) electrons. The molecular formula is C20H18B2FN5O. The molecule has 2 heterocycles. The highest BCUT2D eigenvalue weighted by Gasteiger charge is 2.30. The van der Waals surface area contributed by atoms with Crippen LogP contribution in [0.25, 0.3) is 22.2 Å². The number of nitrogens with zero attached hydrogens (tertiary/aromatic N) is 4. The summed E-state index contributed by atoms with van der Waals surface area (Å²) in [6, 6.07) is 11.8. The van der Waals surface area contributed by atoms with Crippen LogP contribution in [0, 0.1) is 5.82 Å². The number of rotatable bonds is 4. The standard InChI is InChI=1S/C20H18B2FN5O/c1-28-11-24-10-17(28)12-2-3-13-9-25-19(26-16(13)8-12)27-18(29)20(21,22)14-4-6-15(23)7-5-14/h2-11H,21-22H2,1H3,(H,25,26,27,29). The zero-order valence-corrected chi connectivity index (χ0v) is 16.3. The number of amides is 1. The Kier molecular flexibility index (Phi) is 4.66. The monoisotopic (exact) mass is 385 g/mol. The second-order valence-electron chi connectivity index (χ2n) is 7.44. The summed E-state index contributed by atoms with van der Waals surface area (Å²) in [5, 5.41) is 2.78. The Morgan fingerprint density at radius 1 is 1.14 bits per heavy atom. The van der Waals surface area contributed by atoms with E-state index in [4.69, 9.17) is 0 Å². The van der Waals surface area contributed by atoms with Gasteiger partial charge in [0.05, 0.1) is 23.7 Å². The second-order valence-corrected chi connectivity index (χ2v) is 7.44. The van der Waals surface area contributed by atoms with E-state index < -0.39 is 5.21 Å². The van der Waals surface area contributed by atoms with Crippen molar-refractivity contribution in [1.82, 2.24) is 19.5 Å². The molecule has 0 unspecified atom stereocenters. The molecule has 29 heavy (non-hydrogen) atoms. The topological polar surface area (TPSA) is 72.7 Å². The number of fused-ring (bicyclic) bond motifs is 1. The molecule has 1 N–H and O–H groups in total. The highest BCUT2D eigenvalue weighted by atomic mass is 19.1. The van der Waals surface area contributed by atoms with Crippen LogP contribution >= 0.6 is 0 Å². The van der Waals surface area contributed by atoms with E-state index in [-0.39, 0.29) is 17.7 Å². The number of carbonyl (C=O) groups is 1. The average molecular weight is 385 g/mol. The molecule has 142 valence electrons. The molecule has 0 aliphatic heterocycles. The van der Waals surface area contributed by atoms with Crippen LogP contribution in [0.3, 0.4) is 0 Å². The van der Waals surface area contributed by atoms with Gasteiger partial charge >= 0.3 is 0 Å². The highest BCUT2D eigenvalue weighted by molar-refractivity contribution is 6.52. The lowest BCUT2D eigenvalue weighted by atomic mass is 9.50. The summed E-state index contributed by atoms with van der Waals surface area (Å²) in [5.74, 6) is -0.391. The molecule has 0 aliphatic rings. The molecule has 4 rings (SSSR count). The Morgan fingerprint density at radius 2 is 1.90 bits per heavy atom. The minimum atomic E-state index is -0.872. The van der Waals surface area contributed by atoms with Gasteiger partial charge in [-0.15, -0.1) is 0 Å². The van der Waals surface area contributed by atoms with Crippen molar-refractivity contribution in [3.63, 3.8) is 0 Å². The van der Waals surface area contributed by atoms with Crippen molar-refractivity contribution in [2.45, 2.75) is 5.21 Å². The maximum absolute atomic E-state index is 13.2. The lowest BCUT2D eigenvalue weighted by Crippen LogP contribution is -2.41. The third-order valence-corrected chi connectivity index (χ3v) is 5.05. The Morgan fingerprint density at radius 3 is 2.59 bits per heavy atom. The molecule has 2 aromatic heterocycles. The summed E-state index contributed by atoms with van der Waals surface area (Å²) in [5.41, 5.74) is 3.36. The van der Waals surface area contributed by atoms with E-state index in [0.717, 1.165) is 16.6 Å². The van der Waals surface area contributed by atoms with Crippen molar-refractivity contribution in [2.75, 3.05) is 5.32 Å². The smallest absolute Gasteiger partial charge is 0.229 e. The Balaban J connectivity index is 1.63. The molecule has 0 spiro atoms. The molecule has 0 aliphatic carbocycles. The van der Waals surface area contributed by atoms with Gasteiger partial charge in [0, 0.05) is 29.4 Å². The van der Waals surface area contributed by atoms with Crippen LogP contribution in [0.5, 0.6) is 0 Å². The van der Waals surface area contributed by atoms with E-state index in [9.17, 15) is 9.18 Å². The fraction of sp³-hybridized carbons (Fsp3) is 0.100. The SMILES string of the molecule is BC(B)(C(=O)Nc1ncc2ccc(-c3cncn3C)cc2n1)c1ccc(F)cc1. The van der Waals surface area contributed by atoms with Gasteiger partial charge in [-0.2, -0.15) is 0 Å². The number of halogens is 1. The van der Waals surface area contributed by atoms with Gasteiger partial charge in [0.15, 0.2) is 0 Å². The molecule has 0 saturated heterocycles. The first-order valence-corrected chi connectivity index (χ1v) is 9.15. The molecule has 6 nitrogen and oxygen atoms in total. The number of hydrogen-bond donors (Lipinski definition) is 1. The fourth-order valence-corrected chi connectivity index (χ4v) is 3.13. The summed E-state index contributed by atoms with van der Waals surface area (Å²) >= 11 is 0. The number of carbonyl (C=O) groups excluding carboxylic acids is 1. The first-order valence-electron chi connectivity index (χ1n) is 9.15. The number of hydrogen-bond acceptors (Lipinski definition) is 4. The molecule has 4 aromatic rings. The van der Waals surface area contributed by atoms with Gasteiger partial charge in [-0.3, -0.25) is 10.1 Å². The lowest BCUT2D eigenvalue weighted by Gasteiger charge is -2.23. The van der Waals surface area contributed by atoms with E-state index in [1.54, 1.807) is 46.5 Å². The van der Waals surface area contributed by atoms with Crippen molar-refractivity contribution in [3.05, 3.63) is 72.6 Å². The number of imidazole rings is 1. The van der Waals surface area contributed by atoms with E-state index in [1.807, 2.05) is 29.8 Å². The summed E-state index contributed by atoms with van der Waals surface area (Å²) in [6.45, 7) is 0. The van der Waals surface area contributed by atoms with Crippen LogP contribution in [0.1, 0.15) is 5.56 Å². The van der Waals surface area contributed by atoms with Crippen LogP contribution in [0.2, 0.25) is 0 Å². The maximum Gasteiger partial charge on any atom is 0.229 e. The van der Waals surface area contributed by atoms with Crippen molar-refractivity contribution in [3.8, 4) is 11.3 Å². The first kappa shape index (κ1) is 18.9. The Labute approximate surface area is 169 Å². The maximum atomic E-state index is 13.2. The summed E-state index contributed by atoms with van der Waals surface area (Å²) in [6.07, 6.45) is 5.20. The van der Waals surface area contributed by atoms with Gasteiger partial charge in [0.2, 0.25) is 11.9 Å². The summed E-state index contributed by atoms with van der Waals surface area (Å²) in [4.78, 5) is 25.8. The third kappa shape index (κ3) is 3.63. The third-order valence-electron chi connectivity index (χ3n) is 5.05. The minimum absolute atomic E-state index is 0.222. The van der Waals surface area contributed by atoms with Crippen molar-refractivity contribution in [2.24, 2.45) is 7.05 Å². The zero-order chi connectivity index (χ0) is 20.6. The van der Waals surface area contributed by atoms with Crippen LogP contribution in [-0.2, 0) is 17.1 Å². The van der Waals surface area contributed by atoms with Gasteiger partial charge in [-0.1, -0.05) is 24.3 Å². The minimum Gasteiger partial charge on any atom is -0.334 e. The van der Waals surface area contributed by atoms with Crippen LogP contribution in [0.4, 0.5) is 10.3 Å². The quantitative estimate of drug-likeness (QED) is 0.537. The van der Waals surface area contributed by atoms with E-state index in [1.165, 1.54) is 12.1 Å². The van der Waals surface area contributed by atoms with E-state index >= 15 is 0 Å².